The number of aryl methyl sites for hydroxylation is 2. The number of aromatic nitrogens is 1. The Morgan fingerprint density at radius 3 is 2.68 bits per heavy atom. The molecule has 0 aliphatic carbocycles. The van der Waals surface area contributed by atoms with Crippen LogP contribution in [-0.2, 0) is 9.53 Å². The highest BCUT2D eigenvalue weighted by Crippen LogP contribution is 2.40. The summed E-state index contributed by atoms with van der Waals surface area (Å²) in [6.45, 7) is 8.75. The van der Waals surface area contributed by atoms with Gasteiger partial charge < -0.3 is 19.5 Å². The Bertz CT molecular complexity index is 1010. The van der Waals surface area contributed by atoms with Crippen LogP contribution in [0.15, 0.2) is 35.6 Å². The largest absolute Gasteiger partial charge is 0.503 e. The smallest absolute Gasteiger partial charge is 0.290 e. The van der Waals surface area contributed by atoms with E-state index in [4.69, 9.17) is 9.47 Å². The van der Waals surface area contributed by atoms with E-state index >= 15 is 0 Å². The third-order valence-electron chi connectivity index (χ3n) is 4.95. The molecule has 1 N–H and O–H groups in total. The fourth-order valence-corrected chi connectivity index (χ4v) is 4.43. The first-order valence-corrected chi connectivity index (χ1v) is 11.0. The molecule has 8 heteroatoms. The Morgan fingerprint density at radius 2 is 2.06 bits per heavy atom. The van der Waals surface area contributed by atoms with Crippen molar-refractivity contribution in [1.82, 2.24) is 9.88 Å². The number of Topliss-reactive ketones (excluding diaryl/α,β-unsaturated/α-hetero) is 1. The van der Waals surface area contributed by atoms with Crippen LogP contribution in [0.5, 0.6) is 5.75 Å². The highest BCUT2D eigenvalue weighted by atomic mass is 32.1. The monoisotopic (exact) mass is 444 g/mol. The first-order valence-electron chi connectivity index (χ1n) is 10.2. The van der Waals surface area contributed by atoms with Gasteiger partial charge in [-0.05, 0) is 37.5 Å². The van der Waals surface area contributed by atoms with Gasteiger partial charge in [0.15, 0.2) is 5.76 Å². The molecule has 3 rings (SSSR count). The predicted octanol–water partition coefficient (Wildman–Crippen LogP) is 4.02. The van der Waals surface area contributed by atoms with Crippen LogP contribution in [0.2, 0.25) is 0 Å². The minimum absolute atomic E-state index is 0.0638. The first kappa shape index (κ1) is 23.0. The summed E-state index contributed by atoms with van der Waals surface area (Å²) in [5.41, 5.74) is 1.34. The van der Waals surface area contributed by atoms with E-state index in [1.54, 1.807) is 14.0 Å². The number of carbonyl (C=O) groups excluding carboxylic acids is 2. The van der Waals surface area contributed by atoms with E-state index in [1.807, 2.05) is 31.2 Å². The van der Waals surface area contributed by atoms with E-state index in [0.29, 0.717) is 34.4 Å². The molecule has 1 aromatic carbocycles. The van der Waals surface area contributed by atoms with E-state index in [9.17, 15) is 14.7 Å². The number of benzene rings is 1. The Morgan fingerprint density at radius 1 is 1.32 bits per heavy atom. The zero-order chi connectivity index (χ0) is 22.7. The number of amides is 1. The predicted molar refractivity (Wildman–Crippen MR) is 119 cm³/mol. The third-order valence-corrected chi connectivity index (χ3v) is 6.02. The van der Waals surface area contributed by atoms with E-state index in [0.717, 1.165) is 5.01 Å². The van der Waals surface area contributed by atoms with Crippen molar-refractivity contribution in [3.05, 3.63) is 56.7 Å². The van der Waals surface area contributed by atoms with Gasteiger partial charge in [-0.1, -0.05) is 26.0 Å². The van der Waals surface area contributed by atoms with Crippen molar-refractivity contribution in [2.45, 2.75) is 33.7 Å². The average Bonchev–Trinajstić information content (AvgIpc) is 3.20. The molecule has 0 fully saturated rings. The lowest BCUT2D eigenvalue weighted by molar-refractivity contribution is -0.130. The molecule has 31 heavy (non-hydrogen) atoms. The average molecular weight is 445 g/mol. The lowest BCUT2D eigenvalue weighted by atomic mass is 9.95. The van der Waals surface area contributed by atoms with Crippen LogP contribution < -0.4 is 4.74 Å². The lowest BCUT2D eigenvalue weighted by Crippen LogP contribution is -2.34. The minimum atomic E-state index is -0.737. The molecule has 2 heterocycles. The summed E-state index contributed by atoms with van der Waals surface area (Å²) in [6.07, 6.45) is 0. The summed E-state index contributed by atoms with van der Waals surface area (Å²) in [5, 5.41) is 11.5. The number of ether oxygens (including phenoxy) is 2. The van der Waals surface area contributed by atoms with Crippen LogP contribution in [0.4, 0.5) is 0 Å². The van der Waals surface area contributed by atoms with Crippen molar-refractivity contribution in [3.8, 4) is 5.75 Å². The molecule has 0 saturated carbocycles. The second-order valence-electron chi connectivity index (χ2n) is 7.91. The number of aliphatic hydroxyl groups is 1. The van der Waals surface area contributed by atoms with Gasteiger partial charge in [-0.25, -0.2) is 4.98 Å². The van der Waals surface area contributed by atoms with Crippen molar-refractivity contribution < 1.29 is 24.2 Å². The van der Waals surface area contributed by atoms with Gasteiger partial charge in [-0.15, -0.1) is 11.3 Å². The molecule has 166 valence electrons. The van der Waals surface area contributed by atoms with E-state index in [2.05, 4.69) is 18.8 Å². The molecule has 1 amide bonds. The van der Waals surface area contributed by atoms with Gasteiger partial charge in [0.05, 0.1) is 40.4 Å². The maximum atomic E-state index is 13.5. The van der Waals surface area contributed by atoms with E-state index < -0.39 is 17.7 Å². The molecular weight excluding hydrogens is 416 g/mol. The second-order valence-corrected chi connectivity index (χ2v) is 9.11. The molecule has 1 aliphatic rings. The zero-order valence-electron chi connectivity index (χ0n) is 18.5. The van der Waals surface area contributed by atoms with Gasteiger partial charge in [0.1, 0.15) is 5.75 Å². The van der Waals surface area contributed by atoms with Crippen molar-refractivity contribution >= 4 is 23.0 Å². The number of nitrogens with zero attached hydrogens (tertiary/aromatic N) is 2. The standard InChI is InChI=1S/C23H28N2O5S/c1-13(2)12-30-17-8-6-7-16(11-17)19-18(20(26)22-14(3)24-15(4)31-22)21(27)23(28)25(19)9-10-29-5/h6-8,11,13,19,27H,9-10,12H2,1-5H3. The van der Waals surface area contributed by atoms with E-state index in [-0.39, 0.29) is 24.5 Å². The van der Waals surface area contributed by atoms with Gasteiger partial charge >= 0.3 is 0 Å². The number of methoxy groups -OCH3 is 1. The van der Waals surface area contributed by atoms with Crippen molar-refractivity contribution in [3.63, 3.8) is 0 Å². The highest BCUT2D eigenvalue weighted by molar-refractivity contribution is 7.14. The van der Waals surface area contributed by atoms with Crippen molar-refractivity contribution in [1.29, 1.82) is 0 Å². The second kappa shape index (κ2) is 9.62. The topological polar surface area (TPSA) is 89.0 Å². The minimum Gasteiger partial charge on any atom is -0.503 e. The summed E-state index contributed by atoms with van der Waals surface area (Å²) < 4.78 is 11.0. The normalized spacial score (nSPS) is 16.5. The van der Waals surface area contributed by atoms with Gasteiger partial charge in [0, 0.05) is 13.7 Å². The van der Waals surface area contributed by atoms with Gasteiger partial charge in [-0.2, -0.15) is 0 Å². The third kappa shape index (κ3) is 4.80. The quantitative estimate of drug-likeness (QED) is 0.588. The van der Waals surface area contributed by atoms with Crippen LogP contribution >= 0.6 is 11.3 Å². The number of aliphatic hydroxyl groups excluding tert-OH is 1. The van der Waals surface area contributed by atoms with Crippen LogP contribution in [0.3, 0.4) is 0 Å². The molecule has 0 radical (unpaired) electrons. The van der Waals surface area contributed by atoms with Crippen LogP contribution in [0, 0.1) is 19.8 Å². The summed E-state index contributed by atoms with van der Waals surface area (Å²) in [7, 11) is 1.54. The number of ketones is 1. The molecule has 1 atom stereocenters. The number of hydrogen-bond acceptors (Lipinski definition) is 7. The molecular formula is C23H28N2O5S. The Labute approximate surface area is 186 Å². The molecule has 1 aliphatic heterocycles. The Kier molecular flexibility index (Phi) is 7.12. The van der Waals surface area contributed by atoms with Gasteiger partial charge in [0.25, 0.3) is 5.91 Å². The number of thiazole rings is 1. The van der Waals surface area contributed by atoms with Gasteiger partial charge in [-0.3, -0.25) is 9.59 Å². The van der Waals surface area contributed by atoms with Crippen molar-refractivity contribution in [2.75, 3.05) is 26.9 Å². The number of carbonyl (C=O) groups is 2. The van der Waals surface area contributed by atoms with E-state index in [1.165, 1.54) is 16.2 Å². The summed E-state index contributed by atoms with van der Waals surface area (Å²) >= 11 is 1.26. The highest BCUT2D eigenvalue weighted by Gasteiger charge is 2.44. The van der Waals surface area contributed by atoms with Crippen LogP contribution in [0.25, 0.3) is 0 Å². The fraction of sp³-hybridized carbons (Fsp3) is 0.435. The Balaban J connectivity index is 2.05. The zero-order valence-corrected chi connectivity index (χ0v) is 19.3. The molecule has 7 nitrogen and oxygen atoms in total. The number of rotatable bonds is 9. The molecule has 0 spiro atoms. The molecule has 0 bridgehead atoms. The summed E-state index contributed by atoms with van der Waals surface area (Å²) in [4.78, 5) is 32.6. The fourth-order valence-electron chi connectivity index (χ4n) is 3.55. The first-order chi connectivity index (χ1) is 14.7. The molecule has 2 aromatic rings. The van der Waals surface area contributed by atoms with Gasteiger partial charge in [0.2, 0.25) is 5.78 Å². The summed E-state index contributed by atoms with van der Waals surface area (Å²) in [5.74, 6) is -0.489. The lowest BCUT2D eigenvalue weighted by Gasteiger charge is -2.27. The maximum Gasteiger partial charge on any atom is 0.290 e. The Hall–Kier alpha value is -2.71. The molecule has 0 saturated heterocycles. The van der Waals surface area contributed by atoms with Crippen LogP contribution in [-0.4, -0.2) is 53.5 Å². The molecule has 1 unspecified atom stereocenters. The SMILES string of the molecule is COCCN1C(=O)C(O)=C(C(=O)c2sc(C)nc2C)C1c1cccc(OCC(C)C)c1. The number of hydrogen-bond donors (Lipinski definition) is 1. The molecule has 1 aromatic heterocycles. The van der Waals surface area contributed by atoms with Crippen LogP contribution in [0.1, 0.15) is 45.8 Å². The maximum absolute atomic E-state index is 13.5. The van der Waals surface area contributed by atoms with Crippen molar-refractivity contribution in [2.24, 2.45) is 5.92 Å². The summed E-state index contributed by atoms with van der Waals surface area (Å²) in [6, 6.07) is 6.57.